The van der Waals surface area contributed by atoms with Crippen LogP contribution in [-0.2, 0) is 19.1 Å². The van der Waals surface area contributed by atoms with E-state index in [1.54, 1.807) is 128 Å². The first-order valence-electron chi connectivity index (χ1n) is 27.1. The Morgan fingerprint density at radius 3 is 1.07 bits per heavy atom. The average molecular weight is 1130 g/mol. The number of rotatable bonds is 22. The van der Waals surface area contributed by atoms with Gasteiger partial charge < -0.3 is 62.8 Å². The van der Waals surface area contributed by atoms with Gasteiger partial charge in [0.2, 0.25) is 0 Å². The smallest absolute Gasteiger partial charge is 0.343 e. The van der Waals surface area contributed by atoms with E-state index in [-0.39, 0.29) is 5.97 Å². The molecule has 0 amide bonds. The number of benzene rings is 8. The van der Waals surface area contributed by atoms with Gasteiger partial charge in [-0.1, -0.05) is 60.7 Å². The van der Waals surface area contributed by atoms with E-state index in [9.17, 15) is 19.2 Å². The molecule has 0 atom stereocenters. The second kappa shape index (κ2) is 36.3. The van der Waals surface area contributed by atoms with Gasteiger partial charge in [-0.15, -0.1) is 6.58 Å². The number of nitrogens with two attached hydrogens (primary N) is 6. The highest BCUT2D eigenvalue weighted by Gasteiger charge is 2.14. The van der Waals surface area contributed by atoms with E-state index in [0.717, 1.165) is 95.7 Å². The third-order valence-corrected chi connectivity index (χ3v) is 11.7. The van der Waals surface area contributed by atoms with Crippen molar-refractivity contribution in [2.45, 2.75) is 72.1 Å². The van der Waals surface area contributed by atoms with Crippen molar-refractivity contribution in [2.24, 2.45) is 0 Å². The lowest BCUT2D eigenvalue weighted by molar-refractivity contribution is -0.139. The summed E-state index contributed by atoms with van der Waals surface area (Å²) < 4.78 is 32.4. The molecule has 12 N–H and O–H groups in total. The molecular formula is C67H78N6O10. The predicted octanol–water partition coefficient (Wildman–Crippen LogP) is 13.7. The van der Waals surface area contributed by atoms with Gasteiger partial charge in [-0.05, 0) is 193 Å². The number of fused-ring (bicyclic) bond motifs is 2. The SMILES string of the molecule is C=C(C)C.C=C(C)C(=O)OCCCCCCOc1ccc(C(=O)Oc2ccc(N)c3ccccc23)cc1.Nc1ccc(N)cc1.Nc1ccc(N)cc1.Nc1ccc(OC(=O)c2ccc(OCCCCCCOC=O)cc2)c2ccccc12. The van der Waals surface area contributed by atoms with Crippen molar-refractivity contribution >= 4 is 80.0 Å². The minimum Gasteiger partial charge on any atom is -0.494 e. The summed E-state index contributed by atoms with van der Waals surface area (Å²) in [6, 6.07) is 49.9. The van der Waals surface area contributed by atoms with Crippen LogP contribution in [0.4, 0.5) is 34.1 Å². The molecule has 0 spiro atoms. The summed E-state index contributed by atoms with van der Waals surface area (Å²) in [7, 11) is 0. The predicted molar refractivity (Wildman–Crippen MR) is 336 cm³/mol. The summed E-state index contributed by atoms with van der Waals surface area (Å²) in [5.74, 6) is 1.13. The molecule has 16 nitrogen and oxygen atoms in total. The lowest BCUT2D eigenvalue weighted by atomic mass is 10.1. The molecule has 0 aliphatic rings. The van der Waals surface area contributed by atoms with Crippen molar-refractivity contribution in [2.75, 3.05) is 60.8 Å². The largest absolute Gasteiger partial charge is 0.494 e. The number of carbonyl (C=O) groups is 4. The fourth-order valence-electron chi connectivity index (χ4n) is 7.37. The molecule has 0 heterocycles. The van der Waals surface area contributed by atoms with Crippen LogP contribution in [-0.4, -0.2) is 50.8 Å². The van der Waals surface area contributed by atoms with Crippen LogP contribution in [0.3, 0.4) is 0 Å². The van der Waals surface area contributed by atoms with Crippen molar-refractivity contribution in [1.82, 2.24) is 0 Å². The fraction of sp³-hybridized carbons (Fsp3) is 0.224. The zero-order valence-corrected chi connectivity index (χ0v) is 47.7. The highest BCUT2D eigenvalue weighted by molar-refractivity contribution is 6.01. The van der Waals surface area contributed by atoms with E-state index < -0.39 is 11.9 Å². The number of ether oxygens (including phenoxy) is 6. The quantitative estimate of drug-likeness (QED) is 0.00700. The third-order valence-electron chi connectivity index (χ3n) is 11.7. The molecule has 8 rings (SSSR count). The van der Waals surface area contributed by atoms with E-state index in [1.807, 2.05) is 62.4 Å². The number of carbonyl (C=O) groups excluding carboxylic acids is 4. The zero-order valence-electron chi connectivity index (χ0n) is 47.7. The molecule has 0 radical (unpaired) electrons. The van der Waals surface area contributed by atoms with Gasteiger partial charge in [-0.3, -0.25) is 4.79 Å². The summed E-state index contributed by atoms with van der Waals surface area (Å²) in [5.41, 5.74) is 40.2. The van der Waals surface area contributed by atoms with Crippen LogP contribution in [0.1, 0.15) is 92.9 Å². The van der Waals surface area contributed by atoms with Gasteiger partial charge in [0, 0.05) is 61.2 Å². The Morgan fingerprint density at radius 1 is 0.410 bits per heavy atom. The topological polar surface area (TPSA) is 280 Å². The standard InChI is InChI=1S/C27H29NO5.C24H25NO5.2C6H8N2.C4H8/c1-19(2)26(29)32-18-8-4-3-7-17-31-21-13-11-20(12-14-21)27(30)33-25-16-15-24(28)22-9-5-6-10-23(22)25;25-22-13-14-23(21-8-4-3-7-20(21)22)30-24(27)18-9-11-19(12-10-18)29-16-6-2-1-5-15-28-17-26;2*7-5-1-2-6(8)4-3-5;1-4(2)3/h5-6,9-16H,1,3-4,7-8,17-18,28H2,2H3;3-4,7-14,17H,1-2,5-6,15-16,25H2;2*1-4H,7-8H2;1H2,2-3H3. The molecular weight excluding hydrogens is 1050 g/mol. The van der Waals surface area contributed by atoms with Crippen molar-refractivity contribution in [3.63, 3.8) is 0 Å². The molecule has 0 aromatic heterocycles. The minimum atomic E-state index is -0.441. The van der Waals surface area contributed by atoms with Crippen LogP contribution in [0.2, 0.25) is 0 Å². The van der Waals surface area contributed by atoms with Crippen molar-refractivity contribution in [1.29, 1.82) is 0 Å². The van der Waals surface area contributed by atoms with Crippen LogP contribution in [0, 0.1) is 0 Å². The zero-order chi connectivity index (χ0) is 60.4. The molecule has 16 heteroatoms. The van der Waals surface area contributed by atoms with Crippen molar-refractivity contribution in [3.05, 3.63) is 205 Å². The van der Waals surface area contributed by atoms with Crippen LogP contribution in [0.15, 0.2) is 194 Å². The summed E-state index contributed by atoms with van der Waals surface area (Å²) in [4.78, 5) is 46.4. The van der Waals surface area contributed by atoms with Crippen molar-refractivity contribution in [3.8, 4) is 23.0 Å². The molecule has 0 saturated heterocycles. The number of hydrogen-bond donors (Lipinski definition) is 6. The first-order chi connectivity index (χ1) is 39.9. The highest BCUT2D eigenvalue weighted by Crippen LogP contribution is 2.32. The van der Waals surface area contributed by atoms with Gasteiger partial charge in [0.1, 0.15) is 23.0 Å². The van der Waals surface area contributed by atoms with Crippen LogP contribution in [0.5, 0.6) is 23.0 Å². The molecule has 436 valence electrons. The van der Waals surface area contributed by atoms with Crippen LogP contribution >= 0.6 is 0 Å². The van der Waals surface area contributed by atoms with Gasteiger partial charge in [-0.2, -0.15) is 0 Å². The van der Waals surface area contributed by atoms with E-state index in [4.69, 9.17) is 58.1 Å². The normalized spacial score (nSPS) is 10.1. The Kier molecular flexibility index (Phi) is 28.7. The molecule has 0 bridgehead atoms. The second-order valence-electron chi connectivity index (χ2n) is 19.2. The van der Waals surface area contributed by atoms with E-state index in [1.165, 1.54) is 5.57 Å². The number of nitrogen functional groups attached to an aromatic ring is 6. The molecule has 0 fully saturated rings. The van der Waals surface area contributed by atoms with Gasteiger partial charge >= 0.3 is 17.9 Å². The minimum absolute atomic E-state index is 0.340. The first kappa shape index (κ1) is 65.6. The molecule has 8 aromatic carbocycles. The summed E-state index contributed by atoms with van der Waals surface area (Å²) >= 11 is 0. The Morgan fingerprint density at radius 2 is 0.735 bits per heavy atom. The monoisotopic (exact) mass is 1130 g/mol. The number of allylic oxidation sites excluding steroid dienone is 1. The van der Waals surface area contributed by atoms with E-state index >= 15 is 0 Å². The van der Waals surface area contributed by atoms with Gasteiger partial charge in [0.25, 0.3) is 6.47 Å². The first-order valence-corrected chi connectivity index (χ1v) is 27.1. The van der Waals surface area contributed by atoms with Gasteiger partial charge in [-0.25, -0.2) is 14.4 Å². The lowest BCUT2D eigenvalue weighted by Gasteiger charge is -2.10. The number of anilines is 6. The molecule has 8 aromatic rings. The molecule has 0 aliphatic carbocycles. The summed E-state index contributed by atoms with van der Waals surface area (Å²) in [6.07, 6.45) is 7.40. The van der Waals surface area contributed by atoms with Gasteiger partial charge in [0.15, 0.2) is 0 Å². The van der Waals surface area contributed by atoms with E-state index in [2.05, 4.69) is 17.9 Å². The summed E-state index contributed by atoms with van der Waals surface area (Å²) in [5, 5.41) is 3.28. The number of hydrogen-bond acceptors (Lipinski definition) is 16. The maximum absolute atomic E-state index is 12.6. The van der Waals surface area contributed by atoms with Gasteiger partial charge in [0.05, 0.1) is 37.6 Å². The van der Waals surface area contributed by atoms with E-state index in [0.29, 0.717) is 84.0 Å². The Hall–Kier alpha value is -9.96. The Balaban J connectivity index is 0.000000267. The second-order valence-corrected chi connectivity index (χ2v) is 19.2. The fourth-order valence-corrected chi connectivity index (χ4v) is 7.37. The lowest BCUT2D eigenvalue weighted by Crippen LogP contribution is -2.09. The molecule has 0 aliphatic heterocycles. The molecule has 83 heavy (non-hydrogen) atoms. The van der Waals surface area contributed by atoms with Crippen molar-refractivity contribution < 1.29 is 47.6 Å². The Bertz CT molecular complexity index is 3210. The summed E-state index contributed by atoms with van der Waals surface area (Å²) in [6.45, 7) is 15.2. The number of unbranched alkanes of at least 4 members (excludes halogenated alkanes) is 6. The number of esters is 3. The molecule has 0 unspecified atom stereocenters. The average Bonchev–Trinajstić information content (AvgIpc) is 3.67. The Labute approximate surface area is 486 Å². The van der Waals surface area contributed by atoms with Crippen LogP contribution in [0.25, 0.3) is 21.5 Å². The molecule has 0 saturated carbocycles. The maximum Gasteiger partial charge on any atom is 0.343 e. The maximum atomic E-state index is 12.6. The third kappa shape index (κ3) is 24.9. The van der Waals surface area contributed by atoms with Crippen LogP contribution < -0.4 is 53.3 Å². The highest BCUT2D eigenvalue weighted by atomic mass is 16.5.